The lowest BCUT2D eigenvalue weighted by molar-refractivity contribution is 0.0990. The van der Waals surface area contributed by atoms with Gasteiger partial charge in [0.15, 0.2) is 5.78 Å². The number of benzene rings is 2. The summed E-state index contributed by atoms with van der Waals surface area (Å²) in [5.74, 6) is 0.0501. The lowest BCUT2D eigenvalue weighted by Crippen LogP contribution is -2.06. The quantitative estimate of drug-likeness (QED) is 0.795. The minimum Gasteiger partial charge on any atom is -0.496 e. The number of ketones is 1. The van der Waals surface area contributed by atoms with Crippen molar-refractivity contribution in [2.45, 2.75) is 6.42 Å². The smallest absolute Gasteiger partial charge is 0.170 e. The maximum atomic E-state index is 13.4. The monoisotopic (exact) mass is 322 g/mol. The molecule has 0 aromatic heterocycles. The van der Waals surface area contributed by atoms with E-state index in [1.807, 2.05) is 0 Å². The van der Waals surface area contributed by atoms with Crippen LogP contribution in [0.4, 0.5) is 4.39 Å². The van der Waals surface area contributed by atoms with E-state index >= 15 is 0 Å². The van der Waals surface area contributed by atoms with Crippen LogP contribution in [0.1, 0.15) is 15.9 Å². The zero-order valence-corrected chi connectivity index (χ0v) is 11.9. The highest BCUT2D eigenvalue weighted by Crippen LogP contribution is 2.24. The molecule has 19 heavy (non-hydrogen) atoms. The number of halogens is 2. The lowest BCUT2D eigenvalue weighted by Gasteiger charge is -2.08. The third-order valence-corrected chi connectivity index (χ3v) is 3.68. The van der Waals surface area contributed by atoms with Gasteiger partial charge in [0.05, 0.1) is 17.1 Å². The van der Waals surface area contributed by atoms with Gasteiger partial charge in [-0.3, -0.25) is 4.79 Å². The lowest BCUT2D eigenvalue weighted by atomic mass is 10.0. The standard InChI is InChI=1S/C15H12BrFO2/c1-19-14-8-3-2-6-11(14)13(18)9-10-5-4-7-12(17)15(10)16/h2-8H,9H2,1H3. The molecule has 0 aliphatic carbocycles. The van der Waals surface area contributed by atoms with E-state index in [0.717, 1.165) is 0 Å². The van der Waals surface area contributed by atoms with Crippen molar-refractivity contribution in [1.82, 2.24) is 0 Å². The Labute approximate surface area is 119 Å². The number of para-hydroxylation sites is 1. The first-order valence-electron chi connectivity index (χ1n) is 5.72. The SMILES string of the molecule is COc1ccccc1C(=O)Cc1cccc(F)c1Br. The van der Waals surface area contributed by atoms with Gasteiger partial charge in [-0.2, -0.15) is 0 Å². The Morgan fingerprint density at radius 3 is 2.68 bits per heavy atom. The predicted molar refractivity (Wildman–Crippen MR) is 75.1 cm³/mol. The molecule has 0 aliphatic heterocycles. The first-order valence-corrected chi connectivity index (χ1v) is 6.52. The van der Waals surface area contributed by atoms with Gasteiger partial charge in [0.25, 0.3) is 0 Å². The first kappa shape index (κ1) is 13.7. The number of hydrogen-bond acceptors (Lipinski definition) is 2. The fraction of sp³-hybridized carbons (Fsp3) is 0.133. The number of carbonyl (C=O) groups excluding carboxylic acids is 1. The van der Waals surface area contributed by atoms with Crippen molar-refractivity contribution >= 4 is 21.7 Å². The number of methoxy groups -OCH3 is 1. The molecule has 0 fully saturated rings. The molecule has 2 aromatic carbocycles. The Balaban J connectivity index is 2.28. The van der Waals surface area contributed by atoms with Crippen molar-refractivity contribution in [2.75, 3.05) is 7.11 Å². The van der Waals surface area contributed by atoms with E-state index in [1.54, 1.807) is 36.4 Å². The molecule has 2 nitrogen and oxygen atoms in total. The van der Waals surface area contributed by atoms with Crippen molar-refractivity contribution < 1.29 is 13.9 Å². The summed E-state index contributed by atoms with van der Waals surface area (Å²) < 4.78 is 18.9. The molecular weight excluding hydrogens is 311 g/mol. The fourth-order valence-corrected chi connectivity index (χ4v) is 2.23. The number of ether oxygens (including phenoxy) is 1. The molecule has 0 spiro atoms. The summed E-state index contributed by atoms with van der Waals surface area (Å²) in [5, 5.41) is 0. The van der Waals surface area contributed by atoms with Crippen LogP contribution in [-0.4, -0.2) is 12.9 Å². The van der Waals surface area contributed by atoms with Crippen LogP contribution in [0.15, 0.2) is 46.9 Å². The summed E-state index contributed by atoms with van der Waals surface area (Å²) in [7, 11) is 1.52. The van der Waals surface area contributed by atoms with Crippen LogP contribution in [0, 0.1) is 5.82 Å². The van der Waals surface area contributed by atoms with E-state index in [9.17, 15) is 9.18 Å². The molecule has 0 bridgehead atoms. The molecule has 98 valence electrons. The second-order valence-electron chi connectivity index (χ2n) is 4.01. The molecule has 0 N–H and O–H groups in total. The molecule has 0 amide bonds. The maximum Gasteiger partial charge on any atom is 0.170 e. The molecule has 2 aromatic rings. The Hall–Kier alpha value is -1.68. The van der Waals surface area contributed by atoms with Crippen LogP contribution in [0.2, 0.25) is 0 Å². The van der Waals surface area contributed by atoms with Crippen LogP contribution in [0.3, 0.4) is 0 Å². The van der Waals surface area contributed by atoms with Gasteiger partial charge in [-0.15, -0.1) is 0 Å². The van der Waals surface area contributed by atoms with E-state index in [4.69, 9.17) is 4.74 Å². The number of rotatable bonds is 4. The normalized spacial score (nSPS) is 10.3. The van der Waals surface area contributed by atoms with E-state index in [1.165, 1.54) is 13.2 Å². The van der Waals surface area contributed by atoms with Gasteiger partial charge in [0.2, 0.25) is 0 Å². The third kappa shape index (κ3) is 3.01. The van der Waals surface area contributed by atoms with Crippen molar-refractivity contribution in [1.29, 1.82) is 0 Å². The Bertz CT molecular complexity index is 611. The highest BCUT2D eigenvalue weighted by Gasteiger charge is 2.14. The molecule has 0 aliphatic rings. The summed E-state index contributed by atoms with van der Waals surface area (Å²) in [6.07, 6.45) is 0.124. The minimum atomic E-state index is -0.370. The second-order valence-corrected chi connectivity index (χ2v) is 4.81. The topological polar surface area (TPSA) is 26.3 Å². The number of carbonyl (C=O) groups is 1. The molecule has 2 rings (SSSR count). The molecule has 0 atom stereocenters. The van der Waals surface area contributed by atoms with Crippen LogP contribution in [0.25, 0.3) is 0 Å². The van der Waals surface area contributed by atoms with Crippen LogP contribution >= 0.6 is 15.9 Å². The highest BCUT2D eigenvalue weighted by atomic mass is 79.9. The zero-order valence-electron chi connectivity index (χ0n) is 10.3. The van der Waals surface area contributed by atoms with Gasteiger partial charge in [-0.25, -0.2) is 4.39 Å². The van der Waals surface area contributed by atoms with E-state index < -0.39 is 0 Å². The second kappa shape index (κ2) is 5.97. The van der Waals surface area contributed by atoms with Crippen molar-refractivity contribution in [2.24, 2.45) is 0 Å². The van der Waals surface area contributed by atoms with Gasteiger partial charge in [-0.05, 0) is 39.7 Å². The Morgan fingerprint density at radius 1 is 1.21 bits per heavy atom. The van der Waals surface area contributed by atoms with Gasteiger partial charge < -0.3 is 4.74 Å². The molecule has 0 saturated carbocycles. The average molecular weight is 323 g/mol. The summed E-state index contributed by atoms with van der Waals surface area (Å²) in [6.45, 7) is 0. The third-order valence-electron chi connectivity index (χ3n) is 2.79. The molecule has 0 saturated heterocycles. The molecule has 0 heterocycles. The van der Waals surface area contributed by atoms with E-state index in [2.05, 4.69) is 15.9 Å². The van der Waals surface area contributed by atoms with Crippen LogP contribution in [0.5, 0.6) is 5.75 Å². The van der Waals surface area contributed by atoms with Gasteiger partial charge in [0, 0.05) is 6.42 Å². The van der Waals surface area contributed by atoms with Crippen molar-refractivity contribution in [3.63, 3.8) is 0 Å². The van der Waals surface area contributed by atoms with Gasteiger partial charge >= 0.3 is 0 Å². The van der Waals surface area contributed by atoms with E-state index in [-0.39, 0.29) is 18.0 Å². The summed E-state index contributed by atoms with van der Waals surface area (Å²) in [5.41, 5.74) is 1.12. The van der Waals surface area contributed by atoms with Gasteiger partial charge in [-0.1, -0.05) is 24.3 Å². The van der Waals surface area contributed by atoms with Crippen LogP contribution < -0.4 is 4.74 Å². The Morgan fingerprint density at radius 2 is 1.95 bits per heavy atom. The fourth-order valence-electron chi connectivity index (χ4n) is 1.83. The predicted octanol–water partition coefficient (Wildman–Crippen LogP) is 4.02. The minimum absolute atomic E-state index is 0.108. The Kier molecular flexibility index (Phi) is 4.32. The van der Waals surface area contributed by atoms with Crippen molar-refractivity contribution in [3.8, 4) is 5.75 Å². The highest BCUT2D eigenvalue weighted by molar-refractivity contribution is 9.10. The summed E-state index contributed by atoms with van der Waals surface area (Å²) in [4.78, 5) is 12.2. The molecule has 4 heteroatoms. The summed E-state index contributed by atoms with van der Waals surface area (Å²) >= 11 is 3.16. The average Bonchev–Trinajstić information content (AvgIpc) is 2.43. The molecule has 0 radical (unpaired) electrons. The largest absolute Gasteiger partial charge is 0.496 e. The summed E-state index contributed by atoms with van der Waals surface area (Å²) in [6, 6.07) is 11.7. The number of hydrogen-bond donors (Lipinski definition) is 0. The van der Waals surface area contributed by atoms with Crippen molar-refractivity contribution in [3.05, 3.63) is 63.9 Å². The van der Waals surface area contributed by atoms with Gasteiger partial charge in [0.1, 0.15) is 11.6 Å². The molecule has 0 unspecified atom stereocenters. The van der Waals surface area contributed by atoms with E-state index in [0.29, 0.717) is 21.3 Å². The number of Topliss-reactive ketones (excluding diaryl/α,β-unsaturated/α-hetero) is 1. The first-order chi connectivity index (χ1) is 9.13. The maximum absolute atomic E-state index is 13.4. The zero-order chi connectivity index (χ0) is 13.8. The molecular formula is C15H12BrFO2. The van der Waals surface area contributed by atoms with Crippen LogP contribution in [-0.2, 0) is 6.42 Å².